The lowest BCUT2D eigenvalue weighted by atomic mass is 10.00. The number of ether oxygens (including phenoxy) is 2. The van der Waals surface area contributed by atoms with Crippen molar-refractivity contribution < 1.29 is 18.8 Å². The molecule has 0 radical (unpaired) electrons. The fraction of sp³-hybridized carbons (Fsp3) is 0.360. The smallest absolute Gasteiger partial charge is 0.277 e. The topological polar surface area (TPSA) is 76.8 Å². The zero-order valence-electron chi connectivity index (χ0n) is 18.8. The summed E-state index contributed by atoms with van der Waals surface area (Å²) in [7, 11) is 3.16. The van der Waals surface area contributed by atoms with Crippen LogP contribution < -0.4 is 14.8 Å². The van der Waals surface area contributed by atoms with Gasteiger partial charge < -0.3 is 19.3 Å². The first kappa shape index (κ1) is 21.9. The fourth-order valence-electron chi connectivity index (χ4n) is 4.09. The Balaban J connectivity index is 1.41. The Hall–Kier alpha value is -3.32. The van der Waals surface area contributed by atoms with E-state index in [-0.39, 0.29) is 11.6 Å². The molecule has 1 aliphatic heterocycles. The second-order valence-electron chi connectivity index (χ2n) is 8.28. The van der Waals surface area contributed by atoms with Gasteiger partial charge in [0.05, 0.1) is 19.8 Å². The Labute approximate surface area is 188 Å². The molecule has 0 saturated carbocycles. The molecule has 7 nitrogen and oxygen atoms in total. The number of amides is 1. The van der Waals surface area contributed by atoms with Crippen LogP contribution >= 0.6 is 0 Å². The van der Waals surface area contributed by atoms with Gasteiger partial charge in [-0.2, -0.15) is 0 Å². The minimum atomic E-state index is -0.334. The molecule has 1 fully saturated rings. The molecule has 7 heteroatoms. The van der Waals surface area contributed by atoms with Crippen molar-refractivity contribution >= 4 is 11.6 Å². The predicted molar refractivity (Wildman–Crippen MR) is 123 cm³/mol. The molecular weight excluding hydrogens is 406 g/mol. The van der Waals surface area contributed by atoms with Crippen LogP contribution in [0.5, 0.6) is 11.5 Å². The third-order valence-corrected chi connectivity index (χ3v) is 5.77. The van der Waals surface area contributed by atoms with Gasteiger partial charge in [-0.3, -0.25) is 9.69 Å². The van der Waals surface area contributed by atoms with Crippen LogP contribution in [0.15, 0.2) is 53.1 Å². The first-order valence-electron chi connectivity index (χ1n) is 10.9. The van der Waals surface area contributed by atoms with Crippen LogP contribution in [0.4, 0.5) is 5.69 Å². The summed E-state index contributed by atoms with van der Waals surface area (Å²) < 4.78 is 16.1. The first-order valence-corrected chi connectivity index (χ1v) is 10.9. The molecule has 32 heavy (non-hydrogen) atoms. The molecule has 0 spiro atoms. The number of piperidine rings is 1. The summed E-state index contributed by atoms with van der Waals surface area (Å²) in [6, 6.07) is 14.9. The highest BCUT2D eigenvalue weighted by atomic mass is 16.5. The normalized spacial score (nSPS) is 16.5. The number of hydrogen-bond acceptors (Lipinski definition) is 6. The standard InChI is InChI=1S/C25H29N3O4/c1-17-5-4-12-28(15-17)16-18-6-8-19(9-7-18)26-25(29)22-14-24(32-27-22)21-13-20(30-2)10-11-23(21)31-3/h6-11,13-14,17H,4-5,12,15-16H2,1-3H3,(H,26,29). The molecule has 1 saturated heterocycles. The number of nitrogens with one attached hydrogen (secondary N) is 1. The molecule has 2 aromatic carbocycles. The van der Waals surface area contributed by atoms with Crippen molar-refractivity contribution in [2.45, 2.75) is 26.3 Å². The minimum Gasteiger partial charge on any atom is -0.497 e. The quantitative estimate of drug-likeness (QED) is 0.572. The minimum absolute atomic E-state index is 0.191. The van der Waals surface area contributed by atoms with Crippen LogP contribution in [0.25, 0.3) is 11.3 Å². The van der Waals surface area contributed by atoms with E-state index in [1.807, 2.05) is 12.1 Å². The summed E-state index contributed by atoms with van der Waals surface area (Å²) >= 11 is 0. The molecule has 1 unspecified atom stereocenters. The maximum atomic E-state index is 12.7. The molecule has 0 aliphatic carbocycles. The Morgan fingerprint density at radius 2 is 1.97 bits per heavy atom. The van der Waals surface area contributed by atoms with E-state index in [9.17, 15) is 4.79 Å². The molecule has 1 amide bonds. The van der Waals surface area contributed by atoms with Gasteiger partial charge in [0.25, 0.3) is 5.91 Å². The highest BCUT2D eigenvalue weighted by Gasteiger charge is 2.18. The van der Waals surface area contributed by atoms with Gasteiger partial charge in [-0.25, -0.2) is 0 Å². The summed E-state index contributed by atoms with van der Waals surface area (Å²) in [5, 5.41) is 6.81. The molecule has 1 aliphatic rings. The van der Waals surface area contributed by atoms with Crippen molar-refractivity contribution in [3.05, 3.63) is 59.8 Å². The van der Waals surface area contributed by atoms with Crippen molar-refractivity contribution in [1.29, 1.82) is 0 Å². The average Bonchev–Trinajstić information content (AvgIpc) is 3.30. The number of carbonyl (C=O) groups excluding carboxylic acids is 1. The Morgan fingerprint density at radius 1 is 1.16 bits per heavy atom. The van der Waals surface area contributed by atoms with E-state index in [1.54, 1.807) is 38.5 Å². The second-order valence-corrected chi connectivity index (χ2v) is 8.28. The lowest BCUT2D eigenvalue weighted by molar-refractivity contribution is 0.101. The van der Waals surface area contributed by atoms with Crippen LogP contribution in [0.2, 0.25) is 0 Å². The average molecular weight is 436 g/mol. The summed E-state index contributed by atoms with van der Waals surface area (Å²) in [6.07, 6.45) is 2.58. The molecule has 168 valence electrons. The summed E-state index contributed by atoms with van der Waals surface area (Å²) in [4.78, 5) is 15.2. The van der Waals surface area contributed by atoms with E-state index < -0.39 is 0 Å². The van der Waals surface area contributed by atoms with Gasteiger partial charge >= 0.3 is 0 Å². The van der Waals surface area contributed by atoms with Crippen LogP contribution in [0.3, 0.4) is 0 Å². The number of nitrogens with zero attached hydrogens (tertiary/aromatic N) is 2. The van der Waals surface area contributed by atoms with Crippen molar-refractivity contribution in [3.8, 4) is 22.8 Å². The van der Waals surface area contributed by atoms with Gasteiger partial charge in [0.1, 0.15) is 11.5 Å². The van der Waals surface area contributed by atoms with Gasteiger partial charge in [-0.15, -0.1) is 0 Å². The maximum Gasteiger partial charge on any atom is 0.277 e. The van der Waals surface area contributed by atoms with Gasteiger partial charge in [-0.05, 0) is 61.2 Å². The SMILES string of the molecule is COc1ccc(OC)c(-c2cc(C(=O)Nc3ccc(CN4CCCC(C)C4)cc3)no2)c1. The third kappa shape index (κ3) is 5.11. The van der Waals surface area contributed by atoms with Crippen LogP contribution in [-0.4, -0.2) is 43.3 Å². The predicted octanol–water partition coefficient (Wildman–Crippen LogP) is 4.84. The van der Waals surface area contributed by atoms with E-state index in [2.05, 4.69) is 34.4 Å². The third-order valence-electron chi connectivity index (χ3n) is 5.77. The second kappa shape index (κ2) is 9.87. The van der Waals surface area contributed by atoms with Crippen LogP contribution in [-0.2, 0) is 6.54 Å². The zero-order chi connectivity index (χ0) is 22.5. The highest BCUT2D eigenvalue weighted by Crippen LogP contribution is 2.33. The lowest BCUT2D eigenvalue weighted by Gasteiger charge is -2.30. The van der Waals surface area contributed by atoms with E-state index in [4.69, 9.17) is 14.0 Å². The molecular formula is C25H29N3O4. The van der Waals surface area contributed by atoms with Gasteiger partial charge in [0, 0.05) is 24.8 Å². The number of likely N-dealkylation sites (tertiary alicyclic amines) is 1. The lowest BCUT2D eigenvalue weighted by Crippen LogP contribution is -2.33. The van der Waals surface area contributed by atoms with Gasteiger partial charge in [-0.1, -0.05) is 24.2 Å². The molecule has 3 aromatic rings. The Kier molecular flexibility index (Phi) is 6.75. The maximum absolute atomic E-state index is 12.7. The van der Waals surface area contributed by atoms with Crippen molar-refractivity contribution in [2.75, 3.05) is 32.6 Å². The van der Waals surface area contributed by atoms with Crippen molar-refractivity contribution in [2.24, 2.45) is 5.92 Å². The fourth-order valence-corrected chi connectivity index (χ4v) is 4.09. The van der Waals surface area contributed by atoms with Crippen LogP contribution in [0, 0.1) is 5.92 Å². The molecule has 2 heterocycles. The number of methoxy groups -OCH3 is 2. The largest absolute Gasteiger partial charge is 0.497 e. The molecule has 1 N–H and O–H groups in total. The summed E-state index contributed by atoms with van der Waals surface area (Å²) in [6.45, 7) is 5.54. The molecule has 0 bridgehead atoms. The number of anilines is 1. The van der Waals surface area contributed by atoms with E-state index in [1.165, 1.54) is 18.4 Å². The van der Waals surface area contributed by atoms with E-state index >= 15 is 0 Å². The summed E-state index contributed by atoms with van der Waals surface area (Å²) in [5.74, 6) is 2.11. The number of aromatic nitrogens is 1. The number of carbonyl (C=O) groups is 1. The van der Waals surface area contributed by atoms with Crippen molar-refractivity contribution in [1.82, 2.24) is 10.1 Å². The Bertz CT molecular complexity index is 1060. The number of benzene rings is 2. The Morgan fingerprint density at radius 3 is 2.69 bits per heavy atom. The van der Waals surface area contributed by atoms with Crippen molar-refractivity contribution in [3.63, 3.8) is 0 Å². The number of hydrogen-bond donors (Lipinski definition) is 1. The molecule has 1 atom stereocenters. The van der Waals surface area contributed by atoms with Gasteiger partial charge in [0.15, 0.2) is 11.5 Å². The van der Waals surface area contributed by atoms with Gasteiger partial charge in [0.2, 0.25) is 0 Å². The van der Waals surface area contributed by atoms with E-state index in [0.717, 1.165) is 25.6 Å². The van der Waals surface area contributed by atoms with Crippen LogP contribution in [0.1, 0.15) is 35.8 Å². The van der Waals surface area contributed by atoms with E-state index in [0.29, 0.717) is 28.5 Å². The molecule has 1 aromatic heterocycles. The monoisotopic (exact) mass is 435 g/mol. The number of rotatable bonds is 7. The zero-order valence-corrected chi connectivity index (χ0v) is 18.8. The summed E-state index contributed by atoms with van der Waals surface area (Å²) in [5.41, 5.74) is 2.81. The first-order chi connectivity index (χ1) is 15.6. The molecule has 4 rings (SSSR count). The highest BCUT2D eigenvalue weighted by molar-refractivity contribution is 6.03.